The highest BCUT2D eigenvalue weighted by Crippen LogP contribution is 2.40. The normalized spacial score (nSPS) is 14.4. The van der Waals surface area contributed by atoms with E-state index < -0.39 is 17.1 Å². The molecule has 3 aromatic rings. The number of esters is 1. The number of hydrogen-bond donors (Lipinski definition) is 0. The van der Waals surface area contributed by atoms with Crippen LogP contribution in [0, 0.1) is 0 Å². The SMILES string of the molecule is CCOc1cc(/C=C2\SC(=O)N(Cc3ccc(Cl)c(Cl)c3)C2=O)cc(Cl)c1OC(=O)c1ccccc1Cl. The fourth-order valence-corrected chi connectivity index (χ4v) is 5.05. The number of amides is 2. The average Bonchev–Trinajstić information content (AvgIpc) is 3.11. The van der Waals surface area contributed by atoms with Gasteiger partial charge in [0.25, 0.3) is 11.1 Å². The van der Waals surface area contributed by atoms with Crippen LogP contribution < -0.4 is 9.47 Å². The third kappa shape index (κ3) is 6.25. The van der Waals surface area contributed by atoms with Crippen LogP contribution in [0.4, 0.5) is 4.79 Å². The van der Waals surface area contributed by atoms with Gasteiger partial charge in [-0.1, -0.05) is 64.6 Å². The summed E-state index contributed by atoms with van der Waals surface area (Å²) in [5.74, 6) is -0.969. The second-order valence-electron chi connectivity index (χ2n) is 7.65. The lowest BCUT2D eigenvalue weighted by Crippen LogP contribution is -2.27. The third-order valence-electron chi connectivity index (χ3n) is 5.12. The Morgan fingerprint density at radius 2 is 1.70 bits per heavy atom. The summed E-state index contributed by atoms with van der Waals surface area (Å²) in [6, 6.07) is 14.4. The highest BCUT2D eigenvalue weighted by atomic mass is 35.5. The smallest absolute Gasteiger partial charge is 0.345 e. The van der Waals surface area contributed by atoms with Crippen molar-refractivity contribution >= 4 is 81.4 Å². The Balaban J connectivity index is 1.59. The van der Waals surface area contributed by atoms with Crippen LogP contribution >= 0.6 is 58.2 Å². The van der Waals surface area contributed by atoms with Gasteiger partial charge in [-0.2, -0.15) is 0 Å². The molecular formula is C26H17Cl4NO5S. The number of ether oxygens (including phenoxy) is 2. The van der Waals surface area contributed by atoms with E-state index in [2.05, 4.69) is 0 Å². The zero-order valence-electron chi connectivity index (χ0n) is 19.1. The molecule has 2 amide bonds. The summed E-state index contributed by atoms with van der Waals surface area (Å²) in [6.45, 7) is 2.06. The van der Waals surface area contributed by atoms with Crippen LogP contribution in [0.25, 0.3) is 6.08 Å². The Bertz CT molecular complexity index is 1440. The number of benzene rings is 3. The second kappa shape index (κ2) is 11.8. The van der Waals surface area contributed by atoms with E-state index >= 15 is 0 Å². The molecule has 4 rings (SSSR count). The van der Waals surface area contributed by atoms with Crippen molar-refractivity contribution in [2.75, 3.05) is 6.61 Å². The molecule has 0 saturated carbocycles. The van der Waals surface area contributed by atoms with E-state index in [4.69, 9.17) is 55.9 Å². The average molecular weight is 597 g/mol. The first-order valence-electron chi connectivity index (χ1n) is 10.8. The van der Waals surface area contributed by atoms with Crippen LogP contribution in [-0.2, 0) is 11.3 Å². The monoisotopic (exact) mass is 595 g/mol. The maximum atomic E-state index is 13.0. The van der Waals surface area contributed by atoms with Gasteiger partial charge in [0, 0.05) is 0 Å². The molecule has 37 heavy (non-hydrogen) atoms. The number of halogens is 4. The summed E-state index contributed by atoms with van der Waals surface area (Å²) in [5, 5.41) is 0.587. The largest absolute Gasteiger partial charge is 0.490 e. The molecule has 3 aromatic carbocycles. The van der Waals surface area contributed by atoms with Gasteiger partial charge in [0.2, 0.25) is 0 Å². The van der Waals surface area contributed by atoms with Crippen molar-refractivity contribution in [2.24, 2.45) is 0 Å². The number of nitrogens with zero attached hydrogens (tertiary/aromatic N) is 1. The maximum absolute atomic E-state index is 13.0. The zero-order valence-corrected chi connectivity index (χ0v) is 22.9. The summed E-state index contributed by atoms with van der Waals surface area (Å²) < 4.78 is 11.1. The van der Waals surface area contributed by atoms with Gasteiger partial charge in [-0.05, 0) is 72.3 Å². The maximum Gasteiger partial charge on any atom is 0.345 e. The predicted octanol–water partition coefficient (Wildman–Crippen LogP) is 8.15. The van der Waals surface area contributed by atoms with Crippen LogP contribution in [0.1, 0.15) is 28.4 Å². The molecule has 0 atom stereocenters. The molecule has 190 valence electrons. The number of imide groups is 1. The van der Waals surface area contributed by atoms with Crippen LogP contribution in [0.5, 0.6) is 11.5 Å². The lowest BCUT2D eigenvalue weighted by Gasteiger charge is -2.14. The van der Waals surface area contributed by atoms with Gasteiger partial charge in [-0.25, -0.2) is 4.79 Å². The van der Waals surface area contributed by atoms with E-state index in [-0.39, 0.29) is 45.2 Å². The molecule has 11 heteroatoms. The van der Waals surface area contributed by atoms with Crippen LogP contribution in [0.2, 0.25) is 20.1 Å². The highest BCUT2D eigenvalue weighted by molar-refractivity contribution is 8.18. The van der Waals surface area contributed by atoms with Gasteiger partial charge in [0.05, 0.1) is 43.7 Å². The fraction of sp³-hybridized carbons (Fsp3) is 0.115. The Kier molecular flexibility index (Phi) is 8.72. The van der Waals surface area contributed by atoms with Crippen molar-refractivity contribution in [1.82, 2.24) is 4.90 Å². The third-order valence-corrected chi connectivity index (χ3v) is 7.37. The molecule has 0 spiro atoms. The minimum Gasteiger partial charge on any atom is -0.490 e. The van der Waals surface area contributed by atoms with Crippen LogP contribution in [0.3, 0.4) is 0 Å². The molecule has 0 radical (unpaired) electrons. The van der Waals surface area contributed by atoms with Gasteiger partial charge >= 0.3 is 5.97 Å². The van der Waals surface area contributed by atoms with E-state index in [0.29, 0.717) is 21.2 Å². The first-order chi connectivity index (χ1) is 17.7. The van der Waals surface area contributed by atoms with Gasteiger partial charge in [0.15, 0.2) is 11.5 Å². The van der Waals surface area contributed by atoms with Gasteiger partial charge in [-0.3, -0.25) is 14.5 Å². The highest BCUT2D eigenvalue weighted by Gasteiger charge is 2.35. The number of hydrogen-bond acceptors (Lipinski definition) is 6. The molecule has 6 nitrogen and oxygen atoms in total. The van der Waals surface area contributed by atoms with E-state index in [9.17, 15) is 14.4 Å². The molecule has 1 fully saturated rings. The minimum atomic E-state index is -0.704. The Morgan fingerprint density at radius 3 is 2.41 bits per heavy atom. The molecule has 0 unspecified atom stereocenters. The van der Waals surface area contributed by atoms with E-state index in [1.54, 1.807) is 49.4 Å². The van der Waals surface area contributed by atoms with Crippen molar-refractivity contribution < 1.29 is 23.9 Å². The molecule has 1 saturated heterocycles. The lowest BCUT2D eigenvalue weighted by molar-refractivity contribution is -0.123. The first-order valence-corrected chi connectivity index (χ1v) is 13.1. The van der Waals surface area contributed by atoms with E-state index in [1.165, 1.54) is 18.2 Å². The molecule has 0 aromatic heterocycles. The predicted molar refractivity (Wildman–Crippen MR) is 147 cm³/mol. The van der Waals surface area contributed by atoms with Gasteiger partial charge < -0.3 is 9.47 Å². The van der Waals surface area contributed by atoms with Crippen molar-refractivity contribution in [3.8, 4) is 11.5 Å². The van der Waals surface area contributed by atoms with Crippen molar-refractivity contribution in [2.45, 2.75) is 13.5 Å². The lowest BCUT2D eigenvalue weighted by atomic mass is 10.1. The van der Waals surface area contributed by atoms with Crippen molar-refractivity contribution in [3.05, 3.63) is 96.3 Å². The van der Waals surface area contributed by atoms with Crippen molar-refractivity contribution in [1.29, 1.82) is 0 Å². The Morgan fingerprint density at radius 1 is 0.946 bits per heavy atom. The van der Waals surface area contributed by atoms with E-state index in [0.717, 1.165) is 16.7 Å². The fourth-order valence-electron chi connectivity index (χ4n) is 3.42. The number of rotatable bonds is 7. The molecule has 0 N–H and O–H groups in total. The molecule has 1 aliphatic rings. The number of thioether (sulfide) groups is 1. The standard InChI is InChI=1S/C26H17Cl4NO5S/c1-2-35-21-11-15(10-20(30)23(21)36-25(33)16-5-3-4-6-17(16)27)12-22-24(32)31(26(34)37-22)13-14-7-8-18(28)19(29)9-14/h3-12H,2,13H2,1H3/b22-12-. The summed E-state index contributed by atoms with van der Waals surface area (Å²) in [5.41, 5.74) is 1.30. The molecular weight excluding hydrogens is 580 g/mol. The van der Waals surface area contributed by atoms with Crippen LogP contribution in [-0.4, -0.2) is 28.6 Å². The van der Waals surface area contributed by atoms with Crippen molar-refractivity contribution in [3.63, 3.8) is 0 Å². The van der Waals surface area contributed by atoms with Gasteiger partial charge in [-0.15, -0.1) is 0 Å². The Labute approximate surface area is 237 Å². The quantitative estimate of drug-likeness (QED) is 0.156. The zero-order chi connectivity index (χ0) is 26.7. The first kappa shape index (κ1) is 27.4. The number of carbonyl (C=O) groups is 3. The summed E-state index contributed by atoms with van der Waals surface area (Å²) in [7, 11) is 0. The van der Waals surface area contributed by atoms with Crippen LogP contribution in [0.15, 0.2) is 59.5 Å². The Hall–Kier alpha value is -2.68. The summed E-state index contributed by atoms with van der Waals surface area (Å²) in [4.78, 5) is 39.5. The van der Waals surface area contributed by atoms with E-state index in [1.807, 2.05) is 0 Å². The summed E-state index contributed by atoms with van der Waals surface area (Å²) in [6.07, 6.45) is 1.52. The minimum absolute atomic E-state index is 0.0123. The van der Waals surface area contributed by atoms with Gasteiger partial charge in [0.1, 0.15) is 0 Å². The second-order valence-corrected chi connectivity index (χ2v) is 10.3. The number of carbonyl (C=O) groups excluding carboxylic acids is 3. The molecule has 0 bridgehead atoms. The topological polar surface area (TPSA) is 72.9 Å². The molecule has 1 heterocycles. The molecule has 0 aliphatic carbocycles. The molecule has 1 aliphatic heterocycles. The summed E-state index contributed by atoms with van der Waals surface area (Å²) >= 11 is 25.3.